The van der Waals surface area contributed by atoms with Crippen molar-refractivity contribution in [2.24, 2.45) is 5.92 Å². The van der Waals surface area contributed by atoms with Gasteiger partial charge in [-0.2, -0.15) is 0 Å². The summed E-state index contributed by atoms with van der Waals surface area (Å²) in [5.41, 5.74) is 2.11. The van der Waals surface area contributed by atoms with E-state index in [1.807, 2.05) is 6.07 Å². The quantitative estimate of drug-likeness (QED) is 0.491. The molecule has 2 N–H and O–H groups in total. The Hall–Kier alpha value is -3.29. The number of fused-ring (bicyclic) bond motifs is 2. The zero-order chi connectivity index (χ0) is 20.2. The number of carbonyl (C=O) groups excluding carboxylic acids is 1. The van der Waals surface area contributed by atoms with Crippen molar-refractivity contribution in [1.82, 2.24) is 24.9 Å². The molecule has 7 nitrogen and oxygen atoms in total. The first-order chi connectivity index (χ1) is 14.2. The fraction of sp³-hybridized carbons (Fsp3) is 0.333. The minimum Gasteiger partial charge on any atom is -0.469 e. The molecule has 8 heteroatoms. The highest BCUT2D eigenvalue weighted by Gasteiger charge is 2.20. The molecule has 4 aromatic rings. The Morgan fingerprint density at radius 2 is 1.97 bits per heavy atom. The Bertz CT molecular complexity index is 1130. The predicted molar refractivity (Wildman–Crippen MR) is 108 cm³/mol. The Morgan fingerprint density at radius 1 is 1.14 bits per heavy atom. The van der Waals surface area contributed by atoms with Gasteiger partial charge in [-0.1, -0.05) is 19.3 Å². The van der Waals surface area contributed by atoms with E-state index in [1.165, 1.54) is 38.6 Å². The maximum absolute atomic E-state index is 13.3. The molecule has 5 rings (SSSR count). The lowest BCUT2D eigenvalue weighted by molar-refractivity contribution is -0.146. The van der Waals surface area contributed by atoms with Gasteiger partial charge in [-0.05, 0) is 25.0 Å². The van der Waals surface area contributed by atoms with Crippen LogP contribution in [-0.2, 0) is 9.53 Å². The van der Waals surface area contributed by atoms with Crippen molar-refractivity contribution >= 4 is 28.0 Å². The normalized spacial score (nSPS) is 14.6. The molecule has 150 valence electrons. The van der Waals surface area contributed by atoms with Gasteiger partial charge in [-0.15, -0.1) is 0 Å². The van der Waals surface area contributed by atoms with E-state index in [2.05, 4.69) is 29.7 Å². The smallest absolute Gasteiger partial charge is 0.308 e. The summed E-state index contributed by atoms with van der Waals surface area (Å²) in [6.07, 6.45) is 12.2. The highest BCUT2D eigenvalue weighted by Crippen LogP contribution is 2.26. The van der Waals surface area contributed by atoms with E-state index in [0.717, 1.165) is 29.4 Å². The molecule has 1 saturated carbocycles. The van der Waals surface area contributed by atoms with Gasteiger partial charge < -0.3 is 14.7 Å². The van der Waals surface area contributed by atoms with Crippen molar-refractivity contribution in [3.05, 3.63) is 42.7 Å². The third-order valence-corrected chi connectivity index (χ3v) is 5.18. The number of halogens is 1. The number of pyridine rings is 1. The number of esters is 1. The largest absolute Gasteiger partial charge is 0.469 e. The minimum atomic E-state index is -0.380. The van der Waals surface area contributed by atoms with Crippen LogP contribution in [-0.4, -0.2) is 38.0 Å². The molecule has 0 spiro atoms. The summed E-state index contributed by atoms with van der Waals surface area (Å²) in [6, 6.07) is 3.33. The number of ether oxygens (including phenoxy) is 1. The van der Waals surface area contributed by atoms with Crippen LogP contribution in [0.5, 0.6) is 0 Å². The van der Waals surface area contributed by atoms with Gasteiger partial charge in [0, 0.05) is 34.9 Å². The number of aromatic nitrogens is 5. The van der Waals surface area contributed by atoms with Crippen molar-refractivity contribution in [2.45, 2.75) is 32.1 Å². The van der Waals surface area contributed by atoms with Crippen molar-refractivity contribution < 1.29 is 13.9 Å². The average molecular weight is 395 g/mol. The van der Waals surface area contributed by atoms with E-state index in [4.69, 9.17) is 0 Å². The Kier molecular flexibility index (Phi) is 5.50. The van der Waals surface area contributed by atoms with E-state index in [-0.39, 0.29) is 17.7 Å². The minimum absolute atomic E-state index is 0.0142. The van der Waals surface area contributed by atoms with Crippen molar-refractivity contribution in [1.29, 1.82) is 0 Å². The topological polar surface area (TPSA) is 96.5 Å². The van der Waals surface area contributed by atoms with Crippen LogP contribution in [0, 0.1) is 11.7 Å². The first-order valence-electron chi connectivity index (χ1n) is 9.66. The lowest BCUT2D eigenvalue weighted by Crippen LogP contribution is -2.18. The van der Waals surface area contributed by atoms with Gasteiger partial charge in [0.2, 0.25) is 0 Å². The zero-order valence-corrected chi connectivity index (χ0v) is 16.1. The maximum atomic E-state index is 13.3. The summed E-state index contributed by atoms with van der Waals surface area (Å²) >= 11 is 0. The van der Waals surface area contributed by atoms with Crippen molar-refractivity contribution in [3.8, 4) is 11.4 Å². The number of rotatable bonds is 2. The Balaban J connectivity index is 0.000000174. The molecular formula is C21H22FN5O2. The highest BCUT2D eigenvalue weighted by atomic mass is 19.1. The van der Waals surface area contributed by atoms with Crippen LogP contribution in [0.2, 0.25) is 0 Å². The van der Waals surface area contributed by atoms with Gasteiger partial charge in [0.05, 0.1) is 19.2 Å². The second-order valence-corrected chi connectivity index (χ2v) is 7.09. The zero-order valence-electron chi connectivity index (χ0n) is 16.1. The van der Waals surface area contributed by atoms with Crippen LogP contribution >= 0.6 is 0 Å². The summed E-state index contributed by atoms with van der Waals surface area (Å²) in [4.78, 5) is 29.7. The first kappa shape index (κ1) is 19.0. The second-order valence-electron chi connectivity index (χ2n) is 7.09. The van der Waals surface area contributed by atoms with Gasteiger partial charge in [0.25, 0.3) is 0 Å². The molecule has 0 aliphatic heterocycles. The molecule has 29 heavy (non-hydrogen) atoms. The summed E-state index contributed by atoms with van der Waals surface area (Å²) < 4.78 is 17.9. The third kappa shape index (κ3) is 4.11. The van der Waals surface area contributed by atoms with Gasteiger partial charge in [0.15, 0.2) is 5.82 Å². The van der Waals surface area contributed by atoms with Gasteiger partial charge in [-0.3, -0.25) is 4.79 Å². The molecule has 0 radical (unpaired) electrons. The Labute approximate surface area is 166 Å². The number of aromatic amines is 2. The van der Waals surface area contributed by atoms with Crippen molar-refractivity contribution in [3.63, 3.8) is 0 Å². The van der Waals surface area contributed by atoms with Crippen LogP contribution in [0.3, 0.4) is 0 Å². The van der Waals surface area contributed by atoms with Crippen LogP contribution in [0.1, 0.15) is 32.1 Å². The predicted octanol–water partition coefficient (Wildman–Crippen LogP) is 4.38. The van der Waals surface area contributed by atoms with E-state index in [9.17, 15) is 9.18 Å². The number of carbonyl (C=O) groups is 1. The monoisotopic (exact) mass is 395 g/mol. The fourth-order valence-corrected chi connectivity index (χ4v) is 3.64. The molecule has 0 amide bonds. The van der Waals surface area contributed by atoms with Crippen LogP contribution in [0.4, 0.5) is 4.39 Å². The van der Waals surface area contributed by atoms with Gasteiger partial charge >= 0.3 is 5.97 Å². The van der Waals surface area contributed by atoms with Gasteiger partial charge in [0.1, 0.15) is 17.1 Å². The van der Waals surface area contributed by atoms with Crippen molar-refractivity contribution in [2.75, 3.05) is 7.11 Å². The maximum Gasteiger partial charge on any atom is 0.308 e. The lowest BCUT2D eigenvalue weighted by Gasteiger charge is -2.18. The van der Waals surface area contributed by atoms with Crippen LogP contribution in [0.25, 0.3) is 33.5 Å². The first-order valence-corrected chi connectivity index (χ1v) is 9.66. The molecule has 1 fully saturated rings. The summed E-state index contributed by atoms with van der Waals surface area (Å²) in [6.45, 7) is 0. The number of nitrogens with zero attached hydrogens (tertiary/aromatic N) is 3. The van der Waals surface area contributed by atoms with Gasteiger partial charge in [-0.25, -0.2) is 19.3 Å². The van der Waals surface area contributed by atoms with E-state index in [0.29, 0.717) is 16.9 Å². The standard InChI is InChI=1S/C13H8FN5.C8H14O2/c14-8-3-9-10(6-18-12(9)17-5-8)13-16-4-7-1-2-15-11(7)19-13;1-10-8(9)7-5-3-2-4-6-7/h1-6H,(H,17,18)(H,15,16,19);7H,2-6H2,1H3. The Morgan fingerprint density at radius 3 is 2.76 bits per heavy atom. The molecule has 4 heterocycles. The summed E-state index contributed by atoms with van der Waals surface area (Å²) in [7, 11) is 1.47. The van der Waals surface area contributed by atoms with E-state index < -0.39 is 0 Å². The third-order valence-electron chi connectivity index (χ3n) is 5.18. The number of methoxy groups -OCH3 is 1. The summed E-state index contributed by atoms with van der Waals surface area (Å²) in [5, 5.41) is 1.61. The number of hydrogen-bond donors (Lipinski definition) is 2. The molecule has 0 atom stereocenters. The molecule has 0 unspecified atom stereocenters. The molecule has 0 saturated heterocycles. The fourth-order valence-electron chi connectivity index (χ4n) is 3.64. The number of nitrogens with one attached hydrogen (secondary N) is 2. The number of hydrogen-bond acceptors (Lipinski definition) is 5. The summed E-state index contributed by atoms with van der Waals surface area (Å²) in [5.74, 6) is 0.348. The van der Waals surface area contributed by atoms with E-state index in [1.54, 1.807) is 18.6 Å². The molecule has 4 aromatic heterocycles. The average Bonchev–Trinajstić information content (AvgIpc) is 3.40. The van der Waals surface area contributed by atoms with Crippen LogP contribution in [0.15, 0.2) is 36.9 Å². The molecule has 0 aromatic carbocycles. The number of H-pyrrole nitrogens is 2. The second kappa shape index (κ2) is 8.38. The lowest BCUT2D eigenvalue weighted by atomic mass is 9.89. The highest BCUT2D eigenvalue weighted by molar-refractivity contribution is 5.92. The molecule has 1 aliphatic carbocycles. The SMILES string of the molecule is COC(=O)C1CCCCC1.Fc1cnc2[nH]cc(-c3ncc4cc[nH]c4n3)c2c1. The molecule has 1 aliphatic rings. The van der Waals surface area contributed by atoms with E-state index >= 15 is 0 Å². The molecular weight excluding hydrogens is 373 g/mol. The van der Waals surface area contributed by atoms with Crippen LogP contribution < -0.4 is 0 Å². The molecule has 0 bridgehead atoms.